The molecule has 14 heavy (non-hydrogen) atoms. The molecule has 1 atom stereocenters. The van der Waals surface area contributed by atoms with Gasteiger partial charge in [0.2, 0.25) is 5.91 Å². The van der Waals surface area contributed by atoms with Gasteiger partial charge in [-0.25, -0.2) is 0 Å². The number of carbonyl (C=O) groups excluding carboxylic acids is 1. The van der Waals surface area contributed by atoms with Gasteiger partial charge >= 0.3 is 0 Å². The molecule has 1 fully saturated rings. The van der Waals surface area contributed by atoms with Crippen molar-refractivity contribution in [2.45, 2.75) is 17.8 Å². The maximum atomic E-state index is 11.6. The van der Waals surface area contributed by atoms with Crippen molar-refractivity contribution in [1.29, 1.82) is 0 Å². The van der Waals surface area contributed by atoms with Crippen molar-refractivity contribution in [3.05, 3.63) is 20.8 Å². The summed E-state index contributed by atoms with van der Waals surface area (Å²) in [5.41, 5.74) is 1.21. The second-order valence-electron chi connectivity index (χ2n) is 3.28. The highest BCUT2D eigenvalue weighted by atomic mass is 79.9. The molecule has 1 aromatic heterocycles. The van der Waals surface area contributed by atoms with Gasteiger partial charge in [-0.05, 0) is 39.4 Å². The van der Waals surface area contributed by atoms with Crippen LogP contribution in [0.2, 0.25) is 0 Å². The Morgan fingerprint density at radius 2 is 2.43 bits per heavy atom. The van der Waals surface area contributed by atoms with Crippen LogP contribution in [0, 0.1) is 0 Å². The van der Waals surface area contributed by atoms with Gasteiger partial charge in [-0.15, -0.1) is 11.3 Å². The van der Waals surface area contributed by atoms with E-state index in [1.165, 1.54) is 5.56 Å². The third-order valence-electron chi connectivity index (χ3n) is 2.23. The second kappa shape index (κ2) is 4.33. The number of thiophene rings is 1. The van der Waals surface area contributed by atoms with E-state index in [4.69, 9.17) is 0 Å². The first-order valence-electron chi connectivity index (χ1n) is 4.32. The van der Waals surface area contributed by atoms with E-state index in [9.17, 15) is 4.79 Å². The van der Waals surface area contributed by atoms with Gasteiger partial charge in [0.15, 0.2) is 0 Å². The van der Waals surface area contributed by atoms with Crippen LogP contribution in [0.5, 0.6) is 0 Å². The molecule has 1 aliphatic heterocycles. The van der Waals surface area contributed by atoms with Crippen LogP contribution < -0.4 is 0 Å². The molecule has 1 saturated heterocycles. The van der Waals surface area contributed by atoms with E-state index in [1.54, 1.807) is 11.3 Å². The molecule has 1 unspecified atom stereocenters. The molecule has 0 spiro atoms. The van der Waals surface area contributed by atoms with Crippen LogP contribution >= 0.6 is 43.2 Å². The summed E-state index contributed by atoms with van der Waals surface area (Å²) in [6.07, 6.45) is 0.921. The van der Waals surface area contributed by atoms with Crippen molar-refractivity contribution in [3.8, 4) is 0 Å². The SMILES string of the molecule is O=C1C(Br)CCN1Cc1csc(Br)c1. The van der Waals surface area contributed by atoms with E-state index >= 15 is 0 Å². The summed E-state index contributed by atoms with van der Waals surface area (Å²) in [7, 11) is 0. The first kappa shape index (κ1) is 10.6. The van der Waals surface area contributed by atoms with Crippen LogP contribution in [0.25, 0.3) is 0 Å². The van der Waals surface area contributed by atoms with E-state index in [1.807, 2.05) is 4.90 Å². The third-order valence-corrected chi connectivity index (χ3v) is 4.63. The molecular weight excluding hydrogens is 330 g/mol. The highest BCUT2D eigenvalue weighted by Gasteiger charge is 2.29. The number of carbonyl (C=O) groups is 1. The van der Waals surface area contributed by atoms with Crippen LogP contribution in [-0.4, -0.2) is 22.2 Å². The van der Waals surface area contributed by atoms with Gasteiger partial charge < -0.3 is 4.90 Å². The van der Waals surface area contributed by atoms with Crippen molar-refractivity contribution in [1.82, 2.24) is 4.90 Å². The number of hydrogen-bond acceptors (Lipinski definition) is 2. The van der Waals surface area contributed by atoms with Crippen molar-refractivity contribution >= 4 is 49.1 Å². The van der Waals surface area contributed by atoms with Gasteiger partial charge in [-0.3, -0.25) is 4.79 Å². The largest absolute Gasteiger partial charge is 0.337 e. The Hall–Kier alpha value is 0.130. The monoisotopic (exact) mass is 337 g/mol. The number of alkyl halides is 1. The first-order valence-corrected chi connectivity index (χ1v) is 6.91. The molecule has 76 valence electrons. The third kappa shape index (κ3) is 2.20. The van der Waals surface area contributed by atoms with E-state index < -0.39 is 0 Å². The summed E-state index contributed by atoms with van der Waals surface area (Å²) in [4.78, 5) is 13.5. The molecule has 1 amide bonds. The average molecular weight is 339 g/mol. The summed E-state index contributed by atoms with van der Waals surface area (Å²) in [6, 6.07) is 2.07. The zero-order valence-corrected chi connectivity index (χ0v) is 11.4. The first-order chi connectivity index (χ1) is 6.66. The Kier molecular flexibility index (Phi) is 3.29. The molecule has 2 rings (SSSR count). The number of hydrogen-bond donors (Lipinski definition) is 0. The normalized spacial score (nSPS) is 22.0. The predicted octanol–water partition coefficient (Wildman–Crippen LogP) is 3.01. The molecule has 5 heteroatoms. The van der Waals surface area contributed by atoms with Gasteiger partial charge in [-0.2, -0.15) is 0 Å². The molecule has 0 saturated carbocycles. The van der Waals surface area contributed by atoms with Gasteiger partial charge in [0, 0.05) is 13.1 Å². The Labute approximate surface area is 104 Å². The Morgan fingerprint density at radius 1 is 1.64 bits per heavy atom. The Morgan fingerprint density at radius 3 is 2.93 bits per heavy atom. The van der Waals surface area contributed by atoms with Crippen LogP contribution in [0.15, 0.2) is 15.2 Å². The lowest BCUT2D eigenvalue weighted by Crippen LogP contribution is -2.26. The molecular formula is C9H9Br2NOS. The van der Waals surface area contributed by atoms with Crippen molar-refractivity contribution < 1.29 is 4.79 Å². The molecule has 0 N–H and O–H groups in total. The molecule has 1 aromatic rings. The van der Waals surface area contributed by atoms with Crippen LogP contribution in [0.4, 0.5) is 0 Å². The topological polar surface area (TPSA) is 20.3 Å². The lowest BCUT2D eigenvalue weighted by Gasteiger charge is -2.14. The second-order valence-corrected chi connectivity index (χ2v) is 6.67. The summed E-state index contributed by atoms with van der Waals surface area (Å²) in [6.45, 7) is 1.60. The number of halogens is 2. The molecule has 0 aliphatic carbocycles. The minimum Gasteiger partial charge on any atom is -0.337 e. The minimum absolute atomic E-state index is 0.0320. The van der Waals surface area contributed by atoms with E-state index in [0.717, 1.165) is 23.3 Å². The standard InChI is InChI=1S/C9H9Br2NOS/c10-7-1-2-12(9(7)13)4-6-3-8(11)14-5-6/h3,5,7H,1-2,4H2. The molecule has 2 nitrogen and oxygen atoms in total. The predicted molar refractivity (Wildman–Crippen MR) is 64.8 cm³/mol. The lowest BCUT2D eigenvalue weighted by molar-refractivity contribution is -0.127. The summed E-state index contributed by atoms with van der Waals surface area (Å²) >= 11 is 8.44. The van der Waals surface area contributed by atoms with Gasteiger partial charge in [0.05, 0.1) is 8.61 Å². The minimum atomic E-state index is 0.0320. The maximum absolute atomic E-state index is 11.6. The number of likely N-dealkylation sites (tertiary alicyclic amines) is 1. The zero-order valence-electron chi connectivity index (χ0n) is 7.37. The van der Waals surface area contributed by atoms with Gasteiger partial charge in [-0.1, -0.05) is 15.9 Å². The van der Waals surface area contributed by atoms with E-state index in [0.29, 0.717) is 0 Å². The fourth-order valence-electron chi connectivity index (χ4n) is 1.51. The molecule has 0 radical (unpaired) electrons. The maximum Gasteiger partial charge on any atom is 0.236 e. The fraction of sp³-hybridized carbons (Fsp3) is 0.444. The van der Waals surface area contributed by atoms with Crippen LogP contribution in [0.1, 0.15) is 12.0 Å². The number of nitrogens with zero attached hydrogens (tertiary/aromatic N) is 1. The Balaban J connectivity index is 2.02. The summed E-state index contributed by atoms with van der Waals surface area (Å²) in [5, 5.41) is 2.08. The number of amides is 1. The van der Waals surface area contributed by atoms with Crippen molar-refractivity contribution in [3.63, 3.8) is 0 Å². The smallest absolute Gasteiger partial charge is 0.236 e. The van der Waals surface area contributed by atoms with E-state index in [2.05, 4.69) is 43.3 Å². The summed E-state index contributed by atoms with van der Waals surface area (Å²) < 4.78 is 1.12. The van der Waals surface area contributed by atoms with Crippen LogP contribution in [0.3, 0.4) is 0 Å². The Bertz CT molecular complexity index is 352. The lowest BCUT2D eigenvalue weighted by atomic mass is 10.3. The van der Waals surface area contributed by atoms with Crippen molar-refractivity contribution in [2.75, 3.05) is 6.54 Å². The average Bonchev–Trinajstić information content (AvgIpc) is 2.67. The molecule has 0 bridgehead atoms. The quantitative estimate of drug-likeness (QED) is 0.759. The van der Waals surface area contributed by atoms with Crippen molar-refractivity contribution in [2.24, 2.45) is 0 Å². The summed E-state index contributed by atoms with van der Waals surface area (Å²) in [5.74, 6) is 0.215. The molecule has 0 aromatic carbocycles. The zero-order chi connectivity index (χ0) is 10.1. The van der Waals surface area contributed by atoms with E-state index in [-0.39, 0.29) is 10.7 Å². The highest BCUT2D eigenvalue weighted by molar-refractivity contribution is 9.11. The van der Waals surface area contributed by atoms with Gasteiger partial charge in [0.25, 0.3) is 0 Å². The highest BCUT2D eigenvalue weighted by Crippen LogP contribution is 2.25. The fourth-order valence-corrected chi connectivity index (χ4v) is 3.20. The number of rotatable bonds is 2. The van der Waals surface area contributed by atoms with Crippen LogP contribution in [-0.2, 0) is 11.3 Å². The van der Waals surface area contributed by atoms with Gasteiger partial charge in [0.1, 0.15) is 0 Å². The molecule has 2 heterocycles. The molecule has 1 aliphatic rings.